The van der Waals surface area contributed by atoms with Gasteiger partial charge in [-0.25, -0.2) is 0 Å². The first-order chi connectivity index (χ1) is 7.66. The van der Waals surface area contributed by atoms with E-state index >= 15 is 0 Å². The molecule has 0 radical (unpaired) electrons. The molecule has 3 atom stereocenters. The molecule has 1 saturated carbocycles. The molecule has 2 N–H and O–H groups in total. The summed E-state index contributed by atoms with van der Waals surface area (Å²) in [5.41, 5.74) is 5.92. The lowest BCUT2D eigenvalue weighted by molar-refractivity contribution is 0.444. The molecule has 0 amide bonds. The monoisotopic (exact) mass is 301 g/mol. The average molecular weight is 302 g/mol. The number of halogens is 1. The van der Waals surface area contributed by atoms with Crippen molar-refractivity contribution >= 4 is 26.7 Å². The maximum absolute atomic E-state index is 12.3. The molecule has 1 aliphatic carbocycles. The second kappa shape index (κ2) is 5.43. The van der Waals surface area contributed by atoms with Crippen molar-refractivity contribution in [3.63, 3.8) is 0 Å². The lowest BCUT2D eigenvalue weighted by atomic mass is 9.96. The molecule has 3 unspecified atom stereocenters. The summed E-state index contributed by atoms with van der Waals surface area (Å²) in [7, 11) is -0.900. The smallest absolute Gasteiger partial charge is 0.0561 e. The van der Waals surface area contributed by atoms with E-state index in [9.17, 15) is 4.21 Å². The molecular weight excluding hydrogens is 286 g/mol. The largest absolute Gasteiger partial charge is 0.328 e. The number of hydrogen-bond acceptors (Lipinski definition) is 2. The quantitative estimate of drug-likeness (QED) is 0.913. The van der Waals surface area contributed by atoms with Gasteiger partial charge >= 0.3 is 0 Å². The molecule has 0 bridgehead atoms. The van der Waals surface area contributed by atoms with Crippen LogP contribution in [0.15, 0.2) is 33.6 Å². The van der Waals surface area contributed by atoms with Gasteiger partial charge in [-0.3, -0.25) is 4.21 Å². The molecule has 4 heteroatoms. The number of nitrogens with two attached hydrogens (primary N) is 1. The molecule has 1 aromatic rings. The predicted octanol–water partition coefficient (Wildman–Crippen LogP) is 2.83. The maximum Gasteiger partial charge on any atom is 0.0561 e. The summed E-state index contributed by atoms with van der Waals surface area (Å²) in [5.74, 6) is 0. The van der Waals surface area contributed by atoms with Crippen LogP contribution < -0.4 is 5.73 Å². The van der Waals surface area contributed by atoms with Gasteiger partial charge < -0.3 is 5.73 Å². The Morgan fingerprint density at radius 2 is 1.94 bits per heavy atom. The molecule has 0 aliphatic heterocycles. The summed E-state index contributed by atoms with van der Waals surface area (Å²) in [6.45, 7) is 0. The standard InChI is InChI=1S/C12H16BrNOS/c13-9-4-6-11(7-5-9)16(15)12-3-1-2-10(14)8-12/h4-7,10,12H,1-3,8,14H2. The molecule has 0 aromatic heterocycles. The first-order valence-electron chi connectivity index (χ1n) is 5.58. The highest BCUT2D eigenvalue weighted by Gasteiger charge is 2.24. The molecule has 1 aromatic carbocycles. The normalized spacial score (nSPS) is 27.6. The van der Waals surface area contributed by atoms with Crippen LogP contribution in [0.3, 0.4) is 0 Å². The summed E-state index contributed by atoms with van der Waals surface area (Å²) in [6.07, 6.45) is 4.11. The van der Waals surface area contributed by atoms with Crippen LogP contribution in [0.1, 0.15) is 25.7 Å². The minimum Gasteiger partial charge on any atom is -0.328 e. The van der Waals surface area contributed by atoms with E-state index in [2.05, 4.69) is 15.9 Å². The summed E-state index contributed by atoms with van der Waals surface area (Å²) >= 11 is 3.38. The van der Waals surface area contributed by atoms with E-state index in [1.807, 2.05) is 24.3 Å². The zero-order valence-electron chi connectivity index (χ0n) is 9.06. The third kappa shape index (κ3) is 2.93. The fourth-order valence-electron chi connectivity index (χ4n) is 2.14. The van der Waals surface area contributed by atoms with Crippen LogP contribution in [-0.2, 0) is 10.8 Å². The van der Waals surface area contributed by atoms with E-state index in [1.54, 1.807) is 0 Å². The van der Waals surface area contributed by atoms with Gasteiger partial charge in [0.25, 0.3) is 0 Å². The SMILES string of the molecule is NC1CCCC(S(=O)c2ccc(Br)cc2)C1. The Hall–Kier alpha value is -0.190. The van der Waals surface area contributed by atoms with Crippen LogP contribution in [0, 0.1) is 0 Å². The van der Waals surface area contributed by atoms with Crippen molar-refractivity contribution in [1.82, 2.24) is 0 Å². The van der Waals surface area contributed by atoms with E-state index in [0.29, 0.717) is 0 Å². The Labute approximate surface area is 107 Å². The fraction of sp³-hybridized carbons (Fsp3) is 0.500. The van der Waals surface area contributed by atoms with E-state index in [4.69, 9.17) is 5.73 Å². The predicted molar refractivity (Wildman–Crippen MR) is 70.8 cm³/mol. The van der Waals surface area contributed by atoms with E-state index in [-0.39, 0.29) is 11.3 Å². The Balaban J connectivity index is 2.09. The van der Waals surface area contributed by atoms with Gasteiger partial charge in [-0.2, -0.15) is 0 Å². The van der Waals surface area contributed by atoms with Crippen molar-refractivity contribution in [3.05, 3.63) is 28.7 Å². The number of rotatable bonds is 2. The highest BCUT2D eigenvalue weighted by Crippen LogP contribution is 2.25. The first-order valence-corrected chi connectivity index (χ1v) is 7.59. The number of hydrogen-bond donors (Lipinski definition) is 1. The van der Waals surface area contributed by atoms with Crippen molar-refractivity contribution in [1.29, 1.82) is 0 Å². The van der Waals surface area contributed by atoms with Crippen LogP contribution in [-0.4, -0.2) is 15.5 Å². The van der Waals surface area contributed by atoms with Crippen molar-refractivity contribution in [2.24, 2.45) is 5.73 Å². The molecule has 2 nitrogen and oxygen atoms in total. The molecule has 16 heavy (non-hydrogen) atoms. The summed E-state index contributed by atoms with van der Waals surface area (Å²) in [6, 6.07) is 7.98. The van der Waals surface area contributed by atoms with Crippen LogP contribution in [0.25, 0.3) is 0 Å². The molecule has 0 spiro atoms. The van der Waals surface area contributed by atoms with E-state index < -0.39 is 10.8 Å². The summed E-state index contributed by atoms with van der Waals surface area (Å²) < 4.78 is 13.3. The van der Waals surface area contributed by atoms with Gasteiger partial charge in [0.1, 0.15) is 0 Å². The molecular formula is C12H16BrNOS. The third-order valence-electron chi connectivity index (χ3n) is 3.02. The van der Waals surface area contributed by atoms with Gasteiger partial charge in [0.05, 0.1) is 10.8 Å². The molecule has 0 heterocycles. The van der Waals surface area contributed by atoms with Gasteiger partial charge in [-0.15, -0.1) is 0 Å². The average Bonchev–Trinajstić information content (AvgIpc) is 2.29. The van der Waals surface area contributed by atoms with Crippen molar-refractivity contribution in [2.45, 2.75) is 41.9 Å². The Morgan fingerprint density at radius 3 is 2.56 bits per heavy atom. The second-order valence-electron chi connectivity index (χ2n) is 4.30. The van der Waals surface area contributed by atoms with Crippen LogP contribution in [0.2, 0.25) is 0 Å². The lowest BCUT2D eigenvalue weighted by Crippen LogP contribution is -2.33. The van der Waals surface area contributed by atoms with Crippen molar-refractivity contribution in [3.8, 4) is 0 Å². The van der Waals surface area contributed by atoms with Gasteiger partial charge in [0.2, 0.25) is 0 Å². The molecule has 88 valence electrons. The Kier molecular flexibility index (Phi) is 4.16. The molecule has 1 fully saturated rings. The Bertz CT molecular complexity index is 379. The fourth-order valence-corrected chi connectivity index (χ4v) is 3.99. The minimum absolute atomic E-state index is 0.234. The first kappa shape index (κ1) is 12.3. The minimum atomic E-state index is -0.900. The van der Waals surface area contributed by atoms with E-state index in [0.717, 1.165) is 35.1 Å². The highest BCUT2D eigenvalue weighted by molar-refractivity contribution is 9.10. The van der Waals surface area contributed by atoms with Gasteiger partial charge in [0, 0.05) is 20.7 Å². The Morgan fingerprint density at radius 1 is 1.25 bits per heavy atom. The van der Waals surface area contributed by atoms with Gasteiger partial charge in [0.15, 0.2) is 0 Å². The third-order valence-corrected chi connectivity index (χ3v) is 5.31. The van der Waals surface area contributed by atoms with Crippen LogP contribution >= 0.6 is 15.9 Å². The number of benzene rings is 1. The van der Waals surface area contributed by atoms with E-state index in [1.165, 1.54) is 0 Å². The summed E-state index contributed by atoms with van der Waals surface area (Å²) in [5, 5.41) is 0.241. The van der Waals surface area contributed by atoms with Crippen molar-refractivity contribution < 1.29 is 4.21 Å². The molecule has 2 rings (SSSR count). The maximum atomic E-state index is 12.3. The zero-order valence-corrected chi connectivity index (χ0v) is 11.5. The molecule has 0 saturated heterocycles. The van der Waals surface area contributed by atoms with Crippen LogP contribution in [0.4, 0.5) is 0 Å². The zero-order chi connectivity index (χ0) is 11.5. The van der Waals surface area contributed by atoms with Crippen molar-refractivity contribution in [2.75, 3.05) is 0 Å². The molecule has 1 aliphatic rings. The van der Waals surface area contributed by atoms with Gasteiger partial charge in [-0.05, 0) is 43.5 Å². The highest BCUT2D eigenvalue weighted by atomic mass is 79.9. The van der Waals surface area contributed by atoms with Crippen LogP contribution in [0.5, 0.6) is 0 Å². The van der Waals surface area contributed by atoms with Gasteiger partial charge in [-0.1, -0.05) is 22.4 Å². The summed E-state index contributed by atoms with van der Waals surface area (Å²) in [4.78, 5) is 0.919. The lowest BCUT2D eigenvalue weighted by Gasteiger charge is -2.25. The second-order valence-corrected chi connectivity index (χ2v) is 6.95. The topological polar surface area (TPSA) is 43.1 Å².